The number of fused-ring (bicyclic) bond motifs is 2. The lowest BCUT2D eigenvalue weighted by molar-refractivity contribution is 0.0144. The van der Waals surface area contributed by atoms with E-state index >= 15 is 0 Å². The van der Waals surface area contributed by atoms with Crippen LogP contribution in [0.5, 0.6) is 6.01 Å². The van der Waals surface area contributed by atoms with Crippen molar-refractivity contribution < 1.29 is 14.3 Å². The Morgan fingerprint density at radius 2 is 1.82 bits per heavy atom. The van der Waals surface area contributed by atoms with Gasteiger partial charge in [0.2, 0.25) is 0 Å². The highest BCUT2D eigenvalue weighted by molar-refractivity contribution is 5.94. The highest BCUT2D eigenvalue weighted by atomic mass is 16.6. The summed E-state index contributed by atoms with van der Waals surface area (Å²) in [7, 11) is 2.14. The summed E-state index contributed by atoms with van der Waals surface area (Å²) in [6.45, 7) is 10.3. The Morgan fingerprint density at radius 3 is 2.60 bits per heavy atom. The summed E-state index contributed by atoms with van der Waals surface area (Å²) in [5.74, 6) is 0.862. The van der Waals surface area contributed by atoms with E-state index in [9.17, 15) is 10.1 Å². The number of hydrogen-bond acceptors (Lipinski definition) is 9. The zero-order chi connectivity index (χ0) is 31.6. The average Bonchev–Trinajstić information content (AvgIpc) is 3.30. The van der Waals surface area contributed by atoms with Gasteiger partial charge < -0.3 is 29.1 Å². The molecular weight excluding hydrogens is 566 g/mol. The molecule has 0 radical (unpaired) electrons. The second-order valence-corrected chi connectivity index (χ2v) is 13.5. The summed E-state index contributed by atoms with van der Waals surface area (Å²) in [6.07, 6.45) is 3.91. The molecule has 3 aliphatic rings. The Morgan fingerprint density at radius 1 is 1.00 bits per heavy atom. The number of carbonyl (C=O) groups excluding carboxylic acids is 1. The first kappa shape index (κ1) is 30.9. The van der Waals surface area contributed by atoms with Crippen LogP contribution in [-0.4, -0.2) is 89.9 Å². The maximum atomic E-state index is 13.1. The molecule has 2 aromatic carbocycles. The van der Waals surface area contributed by atoms with Crippen LogP contribution >= 0.6 is 0 Å². The first-order valence-electron chi connectivity index (χ1n) is 16.3. The Balaban J connectivity index is 1.33. The molecule has 2 fully saturated rings. The summed E-state index contributed by atoms with van der Waals surface area (Å²) >= 11 is 0. The second kappa shape index (κ2) is 13.1. The number of nitrogens with zero attached hydrogens (tertiary/aromatic N) is 7. The van der Waals surface area contributed by atoms with E-state index in [1.807, 2.05) is 20.8 Å². The Bertz CT molecular complexity index is 1560. The number of benzene rings is 2. The maximum Gasteiger partial charge on any atom is 0.410 e. The van der Waals surface area contributed by atoms with Gasteiger partial charge in [0.15, 0.2) is 0 Å². The molecule has 2 saturated heterocycles. The van der Waals surface area contributed by atoms with Crippen LogP contribution in [0.2, 0.25) is 0 Å². The topological polar surface area (TPSA) is 98.1 Å². The third kappa shape index (κ3) is 6.94. The molecule has 0 spiro atoms. The van der Waals surface area contributed by atoms with Crippen molar-refractivity contribution in [1.29, 1.82) is 5.26 Å². The van der Waals surface area contributed by atoms with E-state index in [-0.39, 0.29) is 18.6 Å². The van der Waals surface area contributed by atoms with Crippen molar-refractivity contribution in [3.63, 3.8) is 0 Å². The molecule has 1 amide bonds. The van der Waals surface area contributed by atoms with E-state index in [0.29, 0.717) is 44.8 Å². The molecule has 4 heterocycles. The molecule has 0 aliphatic carbocycles. The zero-order valence-corrected chi connectivity index (χ0v) is 27.0. The molecule has 10 heteroatoms. The second-order valence-electron chi connectivity index (χ2n) is 13.5. The summed E-state index contributed by atoms with van der Waals surface area (Å²) in [5, 5.41) is 12.1. The fourth-order valence-electron chi connectivity index (χ4n) is 6.85. The minimum atomic E-state index is -0.606. The van der Waals surface area contributed by atoms with E-state index in [0.717, 1.165) is 49.4 Å². The van der Waals surface area contributed by atoms with Crippen LogP contribution in [0.3, 0.4) is 0 Å². The van der Waals surface area contributed by atoms with Gasteiger partial charge in [-0.2, -0.15) is 15.2 Å². The SMILES string of the molecule is CN1CCC[C@H]1COc1nc2c(c(N3CCN(C(=O)OC(C)(C)C)C(CC#N)C3)n1)CCCN(c1cccc3ccccc13)C2. The molecular formula is C35H45N7O3. The number of likely N-dealkylation sites (N-methyl/N-ethyl adjacent to an activating group) is 1. The van der Waals surface area contributed by atoms with Crippen LogP contribution in [0.4, 0.5) is 16.3 Å². The summed E-state index contributed by atoms with van der Waals surface area (Å²) < 4.78 is 12.1. The van der Waals surface area contributed by atoms with Gasteiger partial charge >= 0.3 is 12.1 Å². The monoisotopic (exact) mass is 611 g/mol. The van der Waals surface area contributed by atoms with Gasteiger partial charge in [-0.25, -0.2) is 4.79 Å². The lowest BCUT2D eigenvalue weighted by Gasteiger charge is -2.42. The van der Waals surface area contributed by atoms with E-state index < -0.39 is 5.60 Å². The number of ether oxygens (including phenoxy) is 2. The van der Waals surface area contributed by atoms with Gasteiger partial charge in [0.05, 0.1) is 30.8 Å². The van der Waals surface area contributed by atoms with Crippen molar-refractivity contribution in [3.05, 3.63) is 53.7 Å². The number of amides is 1. The number of nitriles is 1. The number of piperazine rings is 1. The number of aromatic nitrogens is 2. The predicted molar refractivity (Wildman–Crippen MR) is 176 cm³/mol. The number of rotatable bonds is 6. The van der Waals surface area contributed by atoms with Crippen molar-refractivity contribution in [2.24, 2.45) is 0 Å². The minimum absolute atomic E-state index is 0.218. The Kier molecular flexibility index (Phi) is 8.99. The fraction of sp³-hybridized carbons (Fsp3) is 0.543. The van der Waals surface area contributed by atoms with E-state index in [4.69, 9.17) is 19.4 Å². The van der Waals surface area contributed by atoms with Gasteiger partial charge in [0.25, 0.3) is 0 Å². The zero-order valence-electron chi connectivity index (χ0n) is 27.0. The molecule has 1 unspecified atom stereocenters. The van der Waals surface area contributed by atoms with Crippen molar-refractivity contribution in [2.75, 3.05) is 56.2 Å². The molecule has 3 aliphatic heterocycles. The fourth-order valence-corrected chi connectivity index (χ4v) is 6.85. The molecule has 45 heavy (non-hydrogen) atoms. The molecule has 0 bridgehead atoms. The van der Waals surface area contributed by atoms with Gasteiger partial charge in [-0.15, -0.1) is 0 Å². The van der Waals surface area contributed by atoms with Gasteiger partial charge in [-0.1, -0.05) is 36.4 Å². The lowest BCUT2D eigenvalue weighted by atomic mass is 10.1. The van der Waals surface area contributed by atoms with E-state index in [1.54, 1.807) is 4.90 Å². The molecule has 0 N–H and O–H groups in total. The number of hydrogen-bond donors (Lipinski definition) is 0. The van der Waals surface area contributed by atoms with Crippen LogP contribution in [0, 0.1) is 11.3 Å². The van der Waals surface area contributed by atoms with Gasteiger partial charge in [0, 0.05) is 48.9 Å². The average molecular weight is 612 g/mol. The summed E-state index contributed by atoms with van der Waals surface area (Å²) in [4.78, 5) is 31.9. The number of likely N-dealkylation sites (tertiary alicyclic amines) is 1. The van der Waals surface area contributed by atoms with Crippen LogP contribution in [0.1, 0.15) is 57.7 Å². The highest BCUT2D eigenvalue weighted by Crippen LogP contribution is 2.34. The third-order valence-corrected chi connectivity index (χ3v) is 9.17. The van der Waals surface area contributed by atoms with Crippen LogP contribution in [0.15, 0.2) is 42.5 Å². The van der Waals surface area contributed by atoms with Crippen molar-refractivity contribution in [3.8, 4) is 12.1 Å². The number of carbonyl (C=O) groups is 1. The van der Waals surface area contributed by atoms with Gasteiger partial charge in [-0.05, 0) is 71.5 Å². The number of anilines is 2. The minimum Gasteiger partial charge on any atom is -0.462 e. The summed E-state index contributed by atoms with van der Waals surface area (Å²) in [5.41, 5.74) is 2.71. The lowest BCUT2D eigenvalue weighted by Crippen LogP contribution is -2.56. The van der Waals surface area contributed by atoms with Crippen molar-refractivity contribution in [2.45, 2.75) is 77.1 Å². The first-order chi connectivity index (χ1) is 21.7. The van der Waals surface area contributed by atoms with Gasteiger partial charge in [-0.3, -0.25) is 0 Å². The maximum absolute atomic E-state index is 13.1. The molecule has 10 nitrogen and oxygen atoms in total. The molecule has 3 aromatic rings. The predicted octanol–water partition coefficient (Wildman–Crippen LogP) is 5.39. The smallest absolute Gasteiger partial charge is 0.410 e. The highest BCUT2D eigenvalue weighted by Gasteiger charge is 2.36. The van der Waals surface area contributed by atoms with Crippen molar-refractivity contribution >= 4 is 28.4 Å². The Labute approximate surface area is 266 Å². The first-order valence-corrected chi connectivity index (χ1v) is 16.3. The van der Waals surface area contributed by atoms with Crippen LogP contribution < -0.4 is 14.5 Å². The molecule has 2 atom stereocenters. The Hall–Kier alpha value is -4.10. The van der Waals surface area contributed by atoms with E-state index in [2.05, 4.69) is 70.3 Å². The quantitative estimate of drug-likeness (QED) is 0.363. The molecule has 6 rings (SSSR count). The molecule has 238 valence electrons. The molecule has 0 saturated carbocycles. The summed E-state index contributed by atoms with van der Waals surface area (Å²) in [6, 6.07) is 17.7. The largest absolute Gasteiger partial charge is 0.462 e. The third-order valence-electron chi connectivity index (χ3n) is 9.17. The van der Waals surface area contributed by atoms with E-state index in [1.165, 1.54) is 22.9 Å². The van der Waals surface area contributed by atoms with Crippen molar-refractivity contribution in [1.82, 2.24) is 19.8 Å². The normalized spacial score (nSPS) is 20.9. The molecule has 1 aromatic heterocycles. The standard InChI is InChI=1S/C35H45N7O3/c1-35(2,3)45-34(43)42-21-20-41(22-26(42)16-17-36)32-29-14-9-19-40(31-15-7-11-25-10-5-6-13-28(25)31)23-30(29)37-33(38-32)44-24-27-12-8-18-39(27)4/h5-7,10-11,13,15,26-27H,8-9,12,14,16,18-24H2,1-4H3/t26?,27-/m0/s1. The van der Waals surface area contributed by atoms with Crippen LogP contribution in [-0.2, 0) is 17.7 Å². The van der Waals surface area contributed by atoms with Gasteiger partial charge in [0.1, 0.15) is 18.0 Å². The van der Waals surface area contributed by atoms with Crippen LogP contribution in [0.25, 0.3) is 10.8 Å².